The molecule has 3 heteroatoms. The van der Waals surface area contributed by atoms with Gasteiger partial charge in [-0.1, -0.05) is 12.8 Å². The first kappa shape index (κ1) is 9.34. The molecule has 9 heavy (non-hydrogen) atoms. The van der Waals surface area contributed by atoms with Gasteiger partial charge in [-0.3, -0.25) is 4.79 Å². The summed E-state index contributed by atoms with van der Waals surface area (Å²) in [4.78, 5) is 10.2. The van der Waals surface area contributed by atoms with Crippen LogP contribution in [0, 0.1) is 5.92 Å². The van der Waals surface area contributed by atoms with Crippen LogP contribution in [-0.2, 0) is 30.6 Å². The van der Waals surface area contributed by atoms with Gasteiger partial charge in [-0.2, -0.15) is 0 Å². The predicted octanol–water partition coefficient (Wildman–Crippen LogP) is 1.26. The zero-order valence-electron chi connectivity index (χ0n) is 5.26. The van der Waals surface area contributed by atoms with E-state index >= 15 is 0 Å². The molecule has 50 valence electrons. The quantitative estimate of drug-likeness (QED) is 0.739. The molecule has 0 aromatic carbocycles. The molecule has 1 fully saturated rings. The Kier molecular flexibility index (Phi) is 4.36. The molecule has 0 aliphatic heterocycles. The first-order valence-electron chi connectivity index (χ1n) is 3.03. The van der Waals surface area contributed by atoms with Crippen LogP contribution in [0.5, 0.6) is 0 Å². The molecule has 0 atom stereocenters. The molecule has 2 nitrogen and oxygen atoms in total. The van der Waals surface area contributed by atoms with E-state index in [-0.39, 0.29) is 31.8 Å². The van der Waals surface area contributed by atoms with Crippen molar-refractivity contribution >= 4 is 5.97 Å². The van der Waals surface area contributed by atoms with Gasteiger partial charge in [-0.25, -0.2) is 0 Å². The Bertz CT molecular complexity index is 97.2. The van der Waals surface area contributed by atoms with Crippen LogP contribution in [0.25, 0.3) is 0 Å². The third kappa shape index (κ3) is 2.61. The van der Waals surface area contributed by atoms with Crippen molar-refractivity contribution in [2.75, 3.05) is 0 Å². The number of rotatable bonds is 1. The number of carboxylic acid groups (broad SMARTS) is 1. The fourth-order valence-electron chi connectivity index (χ4n) is 1.17. The van der Waals surface area contributed by atoms with Gasteiger partial charge in [0.25, 0.3) is 0 Å². The summed E-state index contributed by atoms with van der Waals surface area (Å²) in [5, 5.41) is 8.41. The second-order valence-electron chi connectivity index (χ2n) is 2.32. The summed E-state index contributed by atoms with van der Waals surface area (Å²) >= 11 is 0. The van der Waals surface area contributed by atoms with Crippen molar-refractivity contribution in [1.29, 1.82) is 0 Å². The molecule has 0 unspecified atom stereocenters. The molecule has 0 aromatic rings. The Morgan fingerprint density at radius 3 is 2.00 bits per heavy atom. The summed E-state index contributed by atoms with van der Waals surface area (Å²) in [6.45, 7) is 0. The van der Waals surface area contributed by atoms with Gasteiger partial charge in [0.15, 0.2) is 0 Å². The van der Waals surface area contributed by atoms with E-state index in [0.29, 0.717) is 0 Å². The summed E-state index contributed by atoms with van der Waals surface area (Å²) in [7, 11) is 0. The fraction of sp³-hybridized carbons (Fsp3) is 0.833. The number of hydrogen-bond acceptors (Lipinski definition) is 1. The van der Waals surface area contributed by atoms with E-state index in [9.17, 15) is 4.79 Å². The molecule has 1 N–H and O–H groups in total. The van der Waals surface area contributed by atoms with Crippen molar-refractivity contribution in [2.45, 2.75) is 25.7 Å². The van der Waals surface area contributed by atoms with E-state index in [4.69, 9.17) is 5.11 Å². The summed E-state index contributed by atoms with van der Waals surface area (Å²) in [6.07, 6.45) is 4.01. The summed E-state index contributed by atoms with van der Waals surface area (Å²) in [5.41, 5.74) is 0. The second kappa shape index (κ2) is 4.20. The minimum atomic E-state index is -0.609. The predicted molar refractivity (Wildman–Crippen MR) is 29.6 cm³/mol. The molecular weight excluding hydrogens is 283 g/mol. The first-order valence-corrected chi connectivity index (χ1v) is 3.03. The SMILES string of the molecule is O=C(O)C1CCCC1.[Hf]. The van der Waals surface area contributed by atoms with Gasteiger partial charge in [-0.15, -0.1) is 0 Å². The molecule has 0 bridgehead atoms. The monoisotopic (exact) mass is 294 g/mol. The maximum absolute atomic E-state index is 10.2. The average molecular weight is 293 g/mol. The standard InChI is InChI=1S/C6H10O2.Hf/c7-6(8)5-3-1-2-4-5;/h5H,1-4H2,(H,7,8);. The van der Waals surface area contributed by atoms with Gasteiger partial charge in [0.2, 0.25) is 0 Å². The summed E-state index contributed by atoms with van der Waals surface area (Å²) in [6, 6.07) is 0. The minimum absolute atomic E-state index is 0. The van der Waals surface area contributed by atoms with Crippen molar-refractivity contribution in [3.05, 3.63) is 0 Å². The summed E-state index contributed by atoms with van der Waals surface area (Å²) in [5.74, 6) is -0.627. The Labute approximate surface area is 73.4 Å². The van der Waals surface area contributed by atoms with Gasteiger partial charge in [0, 0.05) is 25.8 Å². The molecule has 0 aromatic heterocycles. The Morgan fingerprint density at radius 1 is 1.33 bits per heavy atom. The van der Waals surface area contributed by atoms with Gasteiger partial charge < -0.3 is 5.11 Å². The molecule has 1 aliphatic carbocycles. The fourth-order valence-corrected chi connectivity index (χ4v) is 1.17. The van der Waals surface area contributed by atoms with E-state index < -0.39 is 5.97 Å². The van der Waals surface area contributed by atoms with Gasteiger partial charge >= 0.3 is 5.97 Å². The Balaban J connectivity index is 0.000000640. The zero-order valence-corrected chi connectivity index (χ0v) is 8.85. The topological polar surface area (TPSA) is 37.3 Å². The molecular formula is C6H10HfO2. The summed E-state index contributed by atoms with van der Waals surface area (Å²) < 4.78 is 0. The molecule has 0 radical (unpaired) electrons. The second-order valence-corrected chi connectivity index (χ2v) is 2.32. The van der Waals surface area contributed by atoms with Crippen LogP contribution in [0.15, 0.2) is 0 Å². The van der Waals surface area contributed by atoms with Crippen molar-refractivity contribution in [3.8, 4) is 0 Å². The van der Waals surface area contributed by atoms with Crippen LogP contribution in [0.3, 0.4) is 0 Å². The largest absolute Gasteiger partial charge is 0.481 e. The smallest absolute Gasteiger partial charge is 0.306 e. The maximum atomic E-state index is 10.2. The van der Waals surface area contributed by atoms with Gasteiger partial charge in [0.1, 0.15) is 0 Å². The third-order valence-corrected chi connectivity index (χ3v) is 1.70. The van der Waals surface area contributed by atoms with Crippen LogP contribution in [0.4, 0.5) is 0 Å². The van der Waals surface area contributed by atoms with Crippen LogP contribution in [0.1, 0.15) is 25.7 Å². The average Bonchev–Trinajstić information content (AvgIpc) is 2.12. The number of carbonyl (C=O) groups is 1. The maximum Gasteiger partial charge on any atom is 0.306 e. The molecule has 1 saturated carbocycles. The molecule has 0 amide bonds. The zero-order chi connectivity index (χ0) is 5.98. The van der Waals surface area contributed by atoms with Crippen molar-refractivity contribution < 1.29 is 35.7 Å². The van der Waals surface area contributed by atoms with Crippen molar-refractivity contribution in [3.63, 3.8) is 0 Å². The normalized spacial score (nSPS) is 19.1. The van der Waals surface area contributed by atoms with Crippen molar-refractivity contribution in [2.24, 2.45) is 5.92 Å². The third-order valence-electron chi connectivity index (χ3n) is 1.70. The van der Waals surface area contributed by atoms with E-state index in [0.717, 1.165) is 25.7 Å². The number of carboxylic acids is 1. The first-order chi connectivity index (χ1) is 3.80. The van der Waals surface area contributed by atoms with E-state index in [1.165, 1.54) is 0 Å². The van der Waals surface area contributed by atoms with Crippen LogP contribution < -0.4 is 0 Å². The molecule has 1 rings (SSSR count). The van der Waals surface area contributed by atoms with Crippen LogP contribution in [-0.4, -0.2) is 11.1 Å². The van der Waals surface area contributed by atoms with E-state index in [1.807, 2.05) is 0 Å². The number of aliphatic carboxylic acids is 1. The van der Waals surface area contributed by atoms with Crippen molar-refractivity contribution in [1.82, 2.24) is 0 Å². The molecule has 0 heterocycles. The van der Waals surface area contributed by atoms with Gasteiger partial charge in [0.05, 0.1) is 5.92 Å². The van der Waals surface area contributed by atoms with Gasteiger partial charge in [-0.05, 0) is 12.8 Å². The Hall–Kier alpha value is 0.340. The molecule has 0 saturated heterocycles. The molecule has 0 spiro atoms. The Morgan fingerprint density at radius 2 is 1.78 bits per heavy atom. The van der Waals surface area contributed by atoms with Crippen LogP contribution >= 0.6 is 0 Å². The van der Waals surface area contributed by atoms with E-state index in [2.05, 4.69) is 0 Å². The molecule has 1 aliphatic rings. The van der Waals surface area contributed by atoms with Crippen LogP contribution in [0.2, 0.25) is 0 Å². The minimum Gasteiger partial charge on any atom is -0.481 e. The number of hydrogen-bond donors (Lipinski definition) is 1. The van der Waals surface area contributed by atoms with E-state index in [1.54, 1.807) is 0 Å².